The zero-order valence-electron chi connectivity index (χ0n) is 18.9. The molecule has 0 bridgehead atoms. The predicted molar refractivity (Wildman–Crippen MR) is 138 cm³/mol. The fraction of sp³-hybridized carbons (Fsp3) is 0.240. The first-order chi connectivity index (χ1) is 14.4. The SMILES string of the molecule is CN(C)P(=C=P(c1ccccc1)(c1ccccc1)c1ccccc1)(N(C)C)N(C)C. The first kappa shape index (κ1) is 22.9. The van der Waals surface area contributed by atoms with Crippen molar-refractivity contribution in [3.05, 3.63) is 91.0 Å². The number of rotatable bonds is 6. The van der Waals surface area contributed by atoms with Crippen molar-refractivity contribution in [2.45, 2.75) is 0 Å². The van der Waals surface area contributed by atoms with E-state index in [4.69, 9.17) is 0 Å². The van der Waals surface area contributed by atoms with Gasteiger partial charge in [0, 0.05) is 6.89 Å². The van der Waals surface area contributed by atoms with Gasteiger partial charge in [-0.05, 0) is 58.2 Å². The van der Waals surface area contributed by atoms with E-state index in [1.54, 1.807) is 0 Å². The predicted octanol–water partition coefficient (Wildman–Crippen LogP) is 4.06. The minimum absolute atomic E-state index is 1.33. The summed E-state index contributed by atoms with van der Waals surface area (Å²) < 4.78 is 7.07. The van der Waals surface area contributed by atoms with Gasteiger partial charge in [-0.1, -0.05) is 96.2 Å². The van der Waals surface area contributed by atoms with Crippen LogP contribution in [0.1, 0.15) is 0 Å². The van der Waals surface area contributed by atoms with Crippen LogP contribution in [0.15, 0.2) is 91.0 Å². The average molecular weight is 438 g/mol. The Labute approximate surface area is 182 Å². The average Bonchev–Trinajstić information content (AvgIpc) is 2.76. The Morgan fingerprint density at radius 1 is 0.467 bits per heavy atom. The van der Waals surface area contributed by atoms with Gasteiger partial charge in [-0.2, -0.15) is 0 Å². The molecule has 3 aromatic rings. The molecule has 0 heterocycles. The lowest BCUT2D eigenvalue weighted by atomic mass is 10.4. The fourth-order valence-corrected chi connectivity index (χ4v) is 14.2. The number of benzene rings is 3. The van der Waals surface area contributed by atoms with Crippen molar-refractivity contribution in [1.82, 2.24) is 14.0 Å². The molecule has 0 unspecified atom stereocenters. The third kappa shape index (κ3) is 4.03. The molecule has 0 spiro atoms. The summed E-state index contributed by atoms with van der Waals surface area (Å²) in [5.74, 6) is 0. The summed E-state index contributed by atoms with van der Waals surface area (Å²) in [7, 11) is 11.0. The van der Waals surface area contributed by atoms with E-state index < -0.39 is 14.2 Å². The molecule has 0 atom stereocenters. The van der Waals surface area contributed by atoms with Crippen molar-refractivity contribution in [2.75, 3.05) is 42.3 Å². The molecule has 0 aliphatic heterocycles. The van der Waals surface area contributed by atoms with E-state index in [0.29, 0.717) is 0 Å². The molecule has 5 heteroatoms. The Kier molecular flexibility index (Phi) is 7.27. The summed E-state index contributed by atoms with van der Waals surface area (Å²) in [6.07, 6.45) is 0. The summed E-state index contributed by atoms with van der Waals surface area (Å²) in [6, 6.07) is 32.8. The lowest BCUT2D eigenvalue weighted by Gasteiger charge is -2.42. The van der Waals surface area contributed by atoms with Crippen LogP contribution in [0.5, 0.6) is 0 Å². The van der Waals surface area contributed by atoms with E-state index in [-0.39, 0.29) is 0 Å². The second kappa shape index (κ2) is 9.54. The van der Waals surface area contributed by atoms with Crippen molar-refractivity contribution in [3.63, 3.8) is 0 Å². The molecule has 158 valence electrons. The summed E-state index contributed by atoms with van der Waals surface area (Å²) >= 11 is 0. The molecule has 3 nitrogen and oxygen atoms in total. The Bertz CT molecular complexity index is 937. The maximum atomic E-state index is 4.33. The molecule has 0 N–H and O–H groups in total. The van der Waals surface area contributed by atoms with Crippen LogP contribution in [-0.4, -0.2) is 61.5 Å². The first-order valence-corrected chi connectivity index (χ1v) is 13.6. The zero-order valence-corrected chi connectivity index (χ0v) is 20.7. The van der Waals surface area contributed by atoms with E-state index in [0.717, 1.165) is 0 Å². The largest absolute Gasteiger partial charge is 0.260 e. The highest BCUT2D eigenvalue weighted by Crippen LogP contribution is 2.56. The molecule has 0 saturated heterocycles. The topological polar surface area (TPSA) is 9.72 Å². The van der Waals surface area contributed by atoms with Crippen LogP contribution in [0.2, 0.25) is 0 Å². The normalized spacial score (nSPS) is 12.4. The van der Waals surface area contributed by atoms with Crippen molar-refractivity contribution in [2.24, 2.45) is 0 Å². The van der Waals surface area contributed by atoms with Crippen LogP contribution in [0.4, 0.5) is 0 Å². The van der Waals surface area contributed by atoms with Crippen LogP contribution < -0.4 is 15.9 Å². The second-order valence-electron chi connectivity index (χ2n) is 7.89. The van der Waals surface area contributed by atoms with Gasteiger partial charge in [-0.25, -0.2) is 0 Å². The van der Waals surface area contributed by atoms with Gasteiger partial charge in [-0.3, -0.25) is 14.0 Å². The molecule has 0 fully saturated rings. The summed E-state index contributed by atoms with van der Waals surface area (Å²) in [6.45, 7) is -2.16. The van der Waals surface area contributed by atoms with Crippen molar-refractivity contribution in [3.8, 4) is 0 Å². The third-order valence-electron chi connectivity index (χ3n) is 5.39. The van der Waals surface area contributed by atoms with Crippen LogP contribution >= 0.6 is 14.2 Å². The smallest absolute Gasteiger partial charge is 0.123 e. The van der Waals surface area contributed by atoms with E-state index >= 15 is 0 Å². The minimum Gasteiger partial charge on any atom is -0.260 e. The molecule has 0 saturated carbocycles. The van der Waals surface area contributed by atoms with Gasteiger partial charge >= 0.3 is 0 Å². The van der Waals surface area contributed by atoms with Gasteiger partial charge < -0.3 is 0 Å². The van der Waals surface area contributed by atoms with Crippen LogP contribution in [0.25, 0.3) is 0 Å². The highest BCUT2D eigenvalue weighted by Gasteiger charge is 2.31. The van der Waals surface area contributed by atoms with Crippen LogP contribution in [0.3, 0.4) is 0 Å². The molecule has 0 radical (unpaired) electrons. The van der Waals surface area contributed by atoms with Gasteiger partial charge in [0.15, 0.2) is 0 Å². The molecule has 0 amide bonds. The van der Waals surface area contributed by atoms with Gasteiger partial charge in [0.05, 0.1) is 0 Å². The van der Waals surface area contributed by atoms with Gasteiger partial charge in [-0.15, -0.1) is 0 Å². The number of hydrogen-bond donors (Lipinski definition) is 0. The van der Waals surface area contributed by atoms with Gasteiger partial charge in [0.2, 0.25) is 0 Å². The van der Waals surface area contributed by atoms with Crippen molar-refractivity contribution >= 4 is 35.3 Å². The molecular weight excluding hydrogens is 404 g/mol. The van der Waals surface area contributed by atoms with Crippen molar-refractivity contribution < 1.29 is 0 Å². The van der Waals surface area contributed by atoms with E-state index in [1.165, 1.54) is 15.9 Å². The summed E-state index contributed by atoms with van der Waals surface area (Å²) in [5, 5.41) is 8.32. The Balaban J connectivity index is 2.75. The lowest BCUT2D eigenvalue weighted by Crippen LogP contribution is -2.33. The van der Waals surface area contributed by atoms with Crippen LogP contribution in [0, 0.1) is 0 Å². The standard InChI is InChI=1S/C25H33N3P2/c1-26(2)30(27(3)4,28(5)6)22-29(23-16-10-7-11-17-23,24-18-12-8-13-19-24)25-20-14-9-15-21-25/h7-21H,1-6H3. The highest BCUT2D eigenvalue weighted by molar-refractivity contribution is 7.99. The Morgan fingerprint density at radius 3 is 0.967 bits per heavy atom. The number of nitrogens with zero attached hydrogens (tertiary/aromatic N) is 3. The number of hydrogen-bond acceptors (Lipinski definition) is 3. The van der Waals surface area contributed by atoms with Crippen molar-refractivity contribution in [1.29, 1.82) is 0 Å². The second-order valence-corrected chi connectivity index (χ2v) is 15.1. The third-order valence-corrected chi connectivity index (χ3v) is 14.2. The molecule has 0 aliphatic carbocycles. The monoisotopic (exact) mass is 437 g/mol. The fourth-order valence-electron chi connectivity index (χ4n) is 4.12. The molecule has 3 aromatic carbocycles. The molecule has 0 aromatic heterocycles. The maximum absolute atomic E-state index is 4.33. The van der Waals surface area contributed by atoms with Gasteiger partial charge in [0.25, 0.3) is 0 Å². The van der Waals surface area contributed by atoms with E-state index in [1.807, 2.05) is 0 Å². The van der Waals surface area contributed by atoms with Crippen LogP contribution in [-0.2, 0) is 0 Å². The van der Waals surface area contributed by atoms with E-state index in [9.17, 15) is 0 Å². The molecule has 0 aliphatic rings. The molecule has 30 heavy (non-hydrogen) atoms. The molecular formula is C25H33N3P2. The summed E-state index contributed by atoms with van der Waals surface area (Å²) in [4.78, 5) is 0. The first-order valence-electron chi connectivity index (χ1n) is 10.1. The minimum atomic E-state index is -2.16. The molecule has 3 rings (SSSR count). The lowest BCUT2D eigenvalue weighted by molar-refractivity contribution is 0.484. The van der Waals surface area contributed by atoms with E-state index in [2.05, 4.69) is 152 Å². The Morgan fingerprint density at radius 2 is 0.733 bits per heavy atom. The zero-order chi connectivity index (χ0) is 21.8. The highest BCUT2D eigenvalue weighted by atomic mass is 31.2. The Hall–Kier alpha value is -1.82. The quantitative estimate of drug-likeness (QED) is 0.539. The van der Waals surface area contributed by atoms with Gasteiger partial charge in [0.1, 0.15) is 7.34 Å². The maximum Gasteiger partial charge on any atom is 0.123 e. The summed E-state index contributed by atoms with van der Waals surface area (Å²) in [5.41, 5.74) is 0.